The van der Waals surface area contributed by atoms with Gasteiger partial charge in [0.2, 0.25) is 5.60 Å². The number of carbonyl (C=O) groups is 1. The molecule has 0 aliphatic carbocycles. The lowest BCUT2D eigenvalue weighted by atomic mass is 9.94. The molecule has 0 fully saturated rings. The van der Waals surface area contributed by atoms with Gasteiger partial charge < -0.3 is 9.84 Å². The van der Waals surface area contributed by atoms with Gasteiger partial charge in [-0.25, -0.2) is 4.79 Å². The molecule has 2 rings (SSSR count). The predicted molar refractivity (Wildman–Crippen MR) is 101 cm³/mol. The molecular weight excluding hydrogens is 312 g/mol. The third-order valence-electron chi connectivity index (χ3n) is 4.53. The van der Waals surface area contributed by atoms with Gasteiger partial charge >= 0.3 is 5.97 Å². The fourth-order valence-corrected chi connectivity index (χ4v) is 2.75. The molecule has 0 aliphatic heterocycles. The highest BCUT2D eigenvalue weighted by Gasteiger charge is 2.36. The first-order chi connectivity index (χ1) is 11.7. The van der Waals surface area contributed by atoms with Crippen molar-refractivity contribution in [3.05, 3.63) is 65.2 Å². The van der Waals surface area contributed by atoms with Crippen LogP contribution in [0.3, 0.4) is 0 Å². The van der Waals surface area contributed by atoms with Crippen molar-refractivity contribution in [3.8, 4) is 5.75 Å². The van der Waals surface area contributed by atoms with Gasteiger partial charge in [-0.15, -0.1) is 0 Å². The normalized spacial score (nSPS) is 13.7. The molecule has 1 atom stereocenters. The van der Waals surface area contributed by atoms with Crippen LogP contribution < -0.4 is 4.74 Å². The third kappa shape index (κ3) is 4.85. The number of carboxylic acids is 1. The van der Waals surface area contributed by atoms with Crippen LogP contribution in [0.4, 0.5) is 0 Å². The van der Waals surface area contributed by atoms with E-state index < -0.39 is 11.6 Å². The van der Waals surface area contributed by atoms with Crippen LogP contribution in [0.5, 0.6) is 5.75 Å². The molecule has 0 aromatic heterocycles. The van der Waals surface area contributed by atoms with Crippen LogP contribution in [-0.4, -0.2) is 16.7 Å². The average molecular weight is 340 g/mol. The second kappa shape index (κ2) is 7.73. The van der Waals surface area contributed by atoms with Crippen LogP contribution in [0, 0.1) is 0 Å². The van der Waals surface area contributed by atoms with Gasteiger partial charge in [0.15, 0.2) is 0 Å². The molecule has 0 saturated carbocycles. The molecule has 134 valence electrons. The van der Waals surface area contributed by atoms with Crippen molar-refractivity contribution >= 4 is 5.97 Å². The van der Waals surface area contributed by atoms with Gasteiger partial charge in [0.25, 0.3) is 0 Å². The number of carboxylic acid groups (broad SMARTS) is 1. The summed E-state index contributed by atoms with van der Waals surface area (Å²) in [5.41, 5.74) is 2.09. The maximum absolute atomic E-state index is 11.9. The molecule has 0 heterocycles. The van der Waals surface area contributed by atoms with E-state index >= 15 is 0 Å². The van der Waals surface area contributed by atoms with Crippen molar-refractivity contribution in [1.82, 2.24) is 0 Å². The average Bonchev–Trinajstić information content (AvgIpc) is 2.55. The molecule has 3 heteroatoms. The molecule has 0 radical (unpaired) electrons. The standard InChI is InChI=1S/C22H28O3/c1-15(2)18-8-6-17(7-9-18)14-22(5,21(23)24)25-20-12-10-19(11-13-20)16(3)4/h6-13,15-16H,14H2,1-5H3,(H,23,24). The van der Waals surface area contributed by atoms with Crippen LogP contribution in [0.1, 0.15) is 63.1 Å². The smallest absolute Gasteiger partial charge is 0.348 e. The molecule has 0 aliphatic rings. The lowest BCUT2D eigenvalue weighted by Gasteiger charge is -2.27. The highest BCUT2D eigenvalue weighted by Crippen LogP contribution is 2.26. The summed E-state index contributed by atoms with van der Waals surface area (Å²) < 4.78 is 5.88. The van der Waals surface area contributed by atoms with Gasteiger partial charge in [0.05, 0.1) is 0 Å². The third-order valence-corrected chi connectivity index (χ3v) is 4.53. The van der Waals surface area contributed by atoms with Crippen molar-refractivity contribution in [1.29, 1.82) is 0 Å². The minimum atomic E-state index is -1.31. The predicted octanol–water partition coefficient (Wildman–Crippen LogP) is 5.40. The molecule has 1 unspecified atom stereocenters. The molecule has 2 aromatic carbocycles. The summed E-state index contributed by atoms with van der Waals surface area (Å²) >= 11 is 0. The fraction of sp³-hybridized carbons (Fsp3) is 0.409. The van der Waals surface area contributed by atoms with E-state index in [-0.39, 0.29) is 0 Å². The Hall–Kier alpha value is -2.29. The van der Waals surface area contributed by atoms with Gasteiger partial charge in [-0.3, -0.25) is 0 Å². The Labute approximate surface area is 150 Å². The van der Waals surface area contributed by atoms with Crippen LogP contribution in [0.25, 0.3) is 0 Å². The molecule has 0 bridgehead atoms. The maximum atomic E-state index is 11.9. The number of hydrogen-bond acceptors (Lipinski definition) is 2. The molecular formula is C22H28O3. The zero-order valence-corrected chi connectivity index (χ0v) is 15.7. The van der Waals surface area contributed by atoms with Crippen molar-refractivity contribution < 1.29 is 14.6 Å². The lowest BCUT2D eigenvalue weighted by molar-refractivity contribution is -0.153. The summed E-state index contributed by atoms with van der Waals surface area (Å²) in [7, 11) is 0. The molecule has 25 heavy (non-hydrogen) atoms. The van der Waals surface area contributed by atoms with Crippen molar-refractivity contribution in [2.45, 2.75) is 58.5 Å². The van der Waals surface area contributed by atoms with E-state index in [1.54, 1.807) is 6.92 Å². The quantitative estimate of drug-likeness (QED) is 0.734. The van der Waals surface area contributed by atoms with Crippen LogP contribution in [0.15, 0.2) is 48.5 Å². The van der Waals surface area contributed by atoms with Gasteiger partial charge in [-0.2, -0.15) is 0 Å². The first-order valence-corrected chi connectivity index (χ1v) is 8.82. The highest BCUT2D eigenvalue weighted by atomic mass is 16.5. The topological polar surface area (TPSA) is 46.5 Å². The van der Waals surface area contributed by atoms with Gasteiger partial charge in [-0.1, -0.05) is 64.1 Å². The first kappa shape index (κ1) is 19.0. The van der Waals surface area contributed by atoms with E-state index in [0.29, 0.717) is 24.0 Å². The molecule has 0 amide bonds. The number of hydrogen-bond donors (Lipinski definition) is 1. The Morgan fingerprint density at radius 2 is 1.36 bits per heavy atom. The highest BCUT2D eigenvalue weighted by molar-refractivity contribution is 5.78. The van der Waals surface area contributed by atoms with Crippen LogP contribution >= 0.6 is 0 Å². The number of ether oxygens (including phenoxy) is 1. The van der Waals surface area contributed by atoms with Gasteiger partial charge in [0.1, 0.15) is 5.75 Å². The minimum absolute atomic E-state index is 0.312. The Morgan fingerprint density at radius 1 is 0.920 bits per heavy atom. The van der Waals surface area contributed by atoms with E-state index in [0.717, 1.165) is 5.56 Å². The minimum Gasteiger partial charge on any atom is -0.478 e. The summed E-state index contributed by atoms with van der Waals surface area (Å²) in [4.78, 5) is 11.9. The largest absolute Gasteiger partial charge is 0.478 e. The zero-order valence-electron chi connectivity index (χ0n) is 15.7. The lowest BCUT2D eigenvalue weighted by Crippen LogP contribution is -2.43. The van der Waals surface area contributed by atoms with Crippen LogP contribution in [0.2, 0.25) is 0 Å². The Kier molecular flexibility index (Phi) is 5.89. The van der Waals surface area contributed by atoms with Crippen molar-refractivity contribution in [3.63, 3.8) is 0 Å². The molecule has 0 spiro atoms. The maximum Gasteiger partial charge on any atom is 0.348 e. The summed E-state index contributed by atoms with van der Waals surface area (Å²) in [6, 6.07) is 15.7. The number of aliphatic carboxylic acids is 1. The van der Waals surface area contributed by atoms with Crippen molar-refractivity contribution in [2.24, 2.45) is 0 Å². The Morgan fingerprint density at radius 3 is 1.76 bits per heavy atom. The van der Waals surface area contributed by atoms with E-state index in [4.69, 9.17) is 4.74 Å². The van der Waals surface area contributed by atoms with Gasteiger partial charge in [-0.05, 0) is 47.6 Å². The summed E-state index contributed by atoms with van der Waals surface area (Å²) in [6.45, 7) is 10.2. The summed E-state index contributed by atoms with van der Waals surface area (Å²) in [5.74, 6) is 0.497. The first-order valence-electron chi connectivity index (χ1n) is 8.82. The van der Waals surface area contributed by atoms with E-state index in [1.165, 1.54) is 11.1 Å². The number of benzene rings is 2. The van der Waals surface area contributed by atoms with Crippen LogP contribution in [-0.2, 0) is 11.2 Å². The molecule has 0 saturated heterocycles. The summed E-state index contributed by atoms with van der Waals surface area (Å²) in [6.07, 6.45) is 0.312. The monoisotopic (exact) mass is 340 g/mol. The second-order valence-corrected chi connectivity index (χ2v) is 7.43. The SMILES string of the molecule is CC(C)c1ccc(CC(C)(Oc2ccc(C(C)C)cc2)C(=O)O)cc1. The van der Waals surface area contributed by atoms with E-state index in [1.807, 2.05) is 36.4 Å². The zero-order chi connectivity index (χ0) is 18.6. The Balaban J connectivity index is 2.18. The Bertz CT molecular complexity index is 644. The molecule has 3 nitrogen and oxygen atoms in total. The van der Waals surface area contributed by atoms with E-state index in [9.17, 15) is 9.90 Å². The van der Waals surface area contributed by atoms with E-state index in [2.05, 4.69) is 39.8 Å². The molecule has 1 N–H and O–H groups in total. The van der Waals surface area contributed by atoms with Crippen molar-refractivity contribution in [2.75, 3.05) is 0 Å². The number of rotatable bonds is 7. The second-order valence-electron chi connectivity index (χ2n) is 7.43. The summed E-state index contributed by atoms with van der Waals surface area (Å²) in [5, 5.41) is 9.72. The fourth-order valence-electron chi connectivity index (χ4n) is 2.75. The van der Waals surface area contributed by atoms with Gasteiger partial charge in [0, 0.05) is 6.42 Å². The molecule has 2 aromatic rings.